The summed E-state index contributed by atoms with van der Waals surface area (Å²) in [6, 6.07) is 15.5. The van der Waals surface area contributed by atoms with Crippen LogP contribution < -0.4 is 24.2 Å². The highest BCUT2D eigenvalue weighted by Gasteiger charge is 2.27. The molecule has 1 aromatic heterocycles. The fourth-order valence-corrected chi connectivity index (χ4v) is 4.40. The van der Waals surface area contributed by atoms with Gasteiger partial charge in [-0.3, -0.25) is 14.2 Å². The van der Waals surface area contributed by atoms with Crippen LogP contribution in [0.4, 0.5) is 8.78 Å². The molecule has 0 saturated carbocycles. The third-order valence-electron chi connectivity index (χ3n) is 5.03. The van der Waals surface area contributed by atoms with Crippen molar-refractivity contribution in [1.29, 1.82) is 5.26 Å². The minimum atomic E-state index is -3.01. The van der Waals surface area contributed by atoms with E-state index < -0.39 is 12.0 Å². The maximum Gasteiger partial charge on any atom is 0.387 e. The minimum absolute atomic E-state index is 0.0765. The number of hydrogen-bond acceptors (Lipinski definition) is 6. The van der Waals surface area contributed by atoms with Crippen molar-refractivity contribution < 1.29 is 23.0 Å². The van der Waals surface area contributed by atoms with Crippen LogP contribution in [0.3, 0.4) is 0 Å². The zero-order chi connectivity index (χ0) is 25.8. The van der Waals surface area contributed by atoms with Gasteiger partial charge in [-0.15, -0.1) is 11.3 Å². The number of Topliss-reactive ketones (excluding diaryl/α,β-unsaturated/α-hetero) is 1. The molecule has 2 aromatic carbocycles. The maximum atomic E-state index is 13.4. The van der Waals surface area contributed by atoms with Gasteiger partial charge in [0.2, 0.25) is 0 Å². The van der Waals surface area contributed by atoms with Crippen molar-refractivity contribution in [2.24, 2.45) is 5.41 Å². The lowest BCUT2D eigenvalue weighted by atomic mass is 9.87. The molecule has 6 nitrogen and oxygen atoms in total. The molecule has 9 heteroatoms. The third-order valence-corrected chi connectivity index (χ3v) is 6.16. The zero-order valence-electron chi connectivity index (χ0n) is 19.7. The molecule has 3 aromatic rings. The summed E-state index contributed by atoms with van der Waals surface area (Å²) in [5.74, 6) is -0.429. The van der Waals surface area contributed by atoms with E-state index in [9.17, 15) is 23.6 Å². The first-order chi connectivity index (χ1) is 16.5. The van der Waals surface area contributed by atoms with Gasteiger partial charge in [0.1, 0.15) is 16.3 Å². The molecule has 0 saturated heterocycles. The smallest absolute Gasteiger partial charge is 0.387 e. The number of carbonyl (C=O) groups is 1. The van der Waals surface area contributed by atoms with Gasteiger partial charge in [0.25, 0.3) is 5.56 Å². The summed E-state index contributed by atoms with van der Waals surface area (Å²) in [6.45, 7) is 2.29. The summed E-state index contributed by atoms with van der Waals surface area (Å²) in [4.78, 5) is 26.4. The topological polar surface area (TPSA) is 81.3 Å². The highest BCUT2D eigenvalue weighted by Crippen LogP contribution is 2.29. The van der Waals surface area contributed by atoms with E-state index in [0.29, 0.717) is 5.56 Å². The van der Waals surface area contributed by atoms with Crippen LogP contribution in [0.15, 0.2) is 53.3 Å². The van der Waals surface area contributed by atoms with Crippen LogP contribution in [-0.4, -0.2) is 24.1 Å². The highest BCUT2D eigenvalue weighted by molar-refractivity contribution is 7.07. The Labute approximate surface area is 205 Å². The number of methoxy groups -OCH3 is 1. The van der Waals surface area contributed by atoms with E-state index in [4.69, 9.17) is 4.74 Å². The Morgan fingerprint density at radius 3 is 2.43 bits per heavy atom. The summed E-state index contributed by atoms with van der Waals surface area (Å²) in [6.07, 6.45) is 1.56. The zero-order valence-corrected chi connectivity index (χ0v) is 20.5. The molecule has 0 aliphatic carbocycles. The predicted molar refractivity (Wildman–Crippen MR) is 130 cm³/mol. The van der Waals surface area contributed by atoms with E-state index in [1.165, 1.54) is 29.9 Å². The molecule has 1 heterocycles. The molecular weight excluding hydrogens is 474 g/mol. The number of halogens is 2. The quantitative estimate of drug-likeness (QED) is 0.496. The molecular formula is C26H24F2N2O4S. The van der Waals surface area contributed by atoms with Gasteiger partial charge < -0.3 is 9.47 Å². The van der Waals surface area contributed by atoms with Gasteiger partial charge in [0, 0.05) is 5.41 Å². The number of rotatable bonds is 7. The van der Waals surface area contributed by atoms with Crippen LogP contribution in [-0.2, 0) is 11.3 Å². The summed E-state index contributed by atoms with van der Waals surface area (Å²) < 4.78 is 36.8. The molecule has 0 radical (unpaired) electrons. The lowest BCUT2D eigenvalue weighted by Crippen LogP contribution is -2.34. The van der Waals surface area contributed by atoms with E-state index in [0.717, 1.165) is 16.9 Å². The number of nitriles is 1. The molecule has 35 heavy (non-hydrogen) atoms. The van der Waals surface area contributed by atoms with Crippen molar-refractivity contribution in [1.82, 2.24) is 4.57 Å². The molecule has 3 rings (SSSR count). The van der Waals surface area contributed by atoms with Gasteiger partial charge in [-0.1, -0.05) is 57.2 Å². The van der Waals surface area contributed by atoms with Crippen LogP contribution >= 0.6 is 11.3 Å². The van der Waals surface area contributed by atoms with Crippen molar-refractivity contribution in [3.05, 3.63) is 79.2 Å². The molecule has 0 spiro atoms. The standard InChI is InChI=1S/C26H24F2N2O4S/c1-26(2,3)22(31)18(14-29)24-30(15-16-8-6-5-7-9-16)23(32)21(35-24)13-17-10-11-19(34-25(27)28)20(12-17)33-4/h5-13,25H,15H2,1-4H3/b21-13+,24-18+. The number of benzene rings is 2. The average Bonchev–Trinajstić information content (AvgIpc) is 3.10. The van der Waals surface area contributed by atoms with Gasteiger partial charge >= 0.3 is 6.61 Å². The summed E-state index contributed by atoms with van der Waals surface area (Å²) in [5.41, 5.74) is 0.0425. The summed E-state index contributed by atoms with van der Waals surface area (Å²) in [5, 5.41) is 9.85. The molecule has 0 unspecified atom stereocenters. The van der Waals surface area contributed by atoms with E-state index in [2.05, 4.69) is 4.74 Å². The molecule has 182 valence electrons. The molecule has 0 N–H and O–H groups in total. The highest BCUT2D eigenvalue weighted by atomic mass is 32.1. The van der Waals surface area contributed by atoms with E-state index >= 15 is 0 Å². The second-order valence-electron chi connectivity index (χ2n) is 8.65. The largest absolute Gasteiger partial charge is 0.493 e. The van der Waals surface area contributed by atoms with Crippen molar-refractivity contribution in [3.8, 4) is 17.6 Å². The monoisotopic (exact) mass is 498 g/mol. The second-order valence-corrected chi connectivity index (χ2v) is 9.68. The van der Waals surface area contributed by atoms with Crippen LogP contribution in [0.25, 0.3) is 11.6 Å². The van der Waals surface area contributed by atoms with Gasteiger partial charge in [-0.05, 0) is 29.3 Å². The molecule has 0 aliphatic rings. The molecule has 0 atom stereocenters. The first-order valence-electron chi connectivity index (χ1n) is 10.6. The fraction of sp³-hybridized carbons (Fsp3) is 0.269. The number of nitrogens with zero attached hydrogens (tertiary/aromatic N) is 2. The summed E-state index contributed by atoms with van der Waals surface area (Å²) in [7, 11) is 1.32. The number of ether oxygens (including phenoxy) is 2. The Bertz CT molecular complexity index is 1450. The van der Waals surface area contributed by atoms with Crippen LogP contribution in [0, 0.1) is 16.7 Å². The Balaban J connectivity index is 2.26. The Morgan fingerprint density at radius 1 is 1.17 bits per heavy atom. The number of alkyl halides is 2. The minimum Gasteiger partial charge on any atom is -0.493 e. The Morgan fingerprint density at radius 2 is 1.86 bits per heavy atom. The predicted octanol–water partition coefficient (Wildman–Crippen LogP) is 3.69. The van der Waals surface area contributed by atoms with E-state index in [1.54, 1.807) is 26.8 Å². The number of thiazole rings is 1. The lowest BCUT2D eigenvalue weighted by molar-refractivity contribution is -0.120. The van der Waals surface area contributed by atoms with Crippen molar-refractivity contribution in [3.63, 3.8) is 0 Å². The molecule has 0 aliphatic heterocycles. The van der Waals surface area contributed by atoms with Gasteiger partial charge in [-0.2, -0.15) is 14.0 Å². The normalized spacial score (nSPS) is 12.9. The Hall–Kier alpha value is -3.77. The van der Waals surface area contributed by atoms with Gasteiger partial charge in [0.15, 0.2) is 17.3 Å². The molecule has 0 amide bonds. The molecule has 0 bridgehead atoms. The van der Waals surface area contributed by atoms with Crippen LogP contribution in [0.5, 0.6) is 11.5 Å². The van der Waals surface area contributed by atoms with Gasteiger partial charge in [0.05, 0.1) is 18.2 Å². The molecule has 0 fully saturated rings. The van der Waals surface area contributed by atoms with Crippen LogP contribution in [0.2, 0.25) is 0 Å². The van der Waals surface area contributed by atoms with Crippen molar-refractivity contribution in [2.75, 3.05) is 7.11 Å². The van der Waals surface area contributed by atoms with Crippen molar-refractivity contribution >= 4 is 28.8 Å². The van der Waals surface area contributed by atoms with Gasteiger partial charge in [-0.25, -0.2) is 0 Å². The maximum absolute atomic E-state index is 13.4. The average molecular weight is 499 g/mol. The SMILES string of the molecule is COc1cc(/C=c2/s/c(=C(\C#N)C(=O)C(C)(C)C)n(Cc3ccccc3)c2=O)ccc1OC(F)F. The van der Waals surface area contributed by atoms with Crippen LogP contribution in [0.1, 0.15) is 31.9 Å². The van der Waals surface area contributed by atoms with E-state index in [1.807, 2.05) is 36.4 Å². The third kappa shape index (κ3) is 6.03. The fourth-order valence-electron chi connectivity index (χ4n) is 3.30. The second kappa shape index (κ2) is 10.7. The lowest BCUT2D eigenvalue weighted by Gasteiger charge is -2.15. The number of hydrogen-bond donors (Lipinski definition) is 0. The van der Waals surface area contributed by atoms with Crippen molar-refractivity contribution in [2.45, 2.75) is 33.9 Å². The Kier molecular flexibility index (Phi) is 7.87. The summed E-state index contributed by atoms with van der Waals surface area (Å²) >= 11 is 1.03. The number of ketones is 1. The first kappa shape index (κ1) is 25.8. The van der Waals surface area contributed by atoms with E-state index in [-0.39, 0.29) is 44.2 Å². The number of aromatic nitrogens is 1. The first-order valence-corrected chi connectivity index (χ1v) is 11.4. The number of carbonyl (C=O) groups excluding carboxylic acids is 1.